The second kappa shape index (κ2) is 11.1. The summed E-state index contributed by atoms with van der Waals surface area (Å²) in [6, 6.07) is 9.81. The third kappa shape index (κ3) is 5.01. The van der Waals surface area contributed by atoms with E-state index >= 15 is 0 Å². The number of nitriles is 1. The lowest BCUT2D eigenvalue weighted by molar-refractivity contribution is -0.136. The van der Waals surface area contributed by atoms with Gasteiger partial charge in [0.2, 0.25) is 5.91 Å². The number of piperazine rings is 1. The molecule has 4 unspecified atom stereocenters. The maximum atomic E-state index is 12.7. The van der Waals surface area contributed by atoms with E-state index < -0.39 is 0 Å². The van der Waals surface area contributed by atoms with Gasteiger partial charge in [0.1, 0.15) is 17.6 Å². The van der Waals surface area contributed by atoms with Crippen LogP contribution in [-0.2, 0) is 9.53 Å². The van der Waals surface area contributed by atoms with E-state index in [-0.39, 0.29) is 5.91 Å². The number of morpholine rings is 1. The quantitative estimate of drug-likeness (QED) is 0.352. The van der Waals surface area contributed by atoms with E-state index in [9.17, 15) is 10.1 Å². The molecule has 4 atom stereocenters. The van der Waals surface area contributed by atoms with Gasteiger partial charge in [0, 0.05) is 74.7 Å². The van der Waals surface area contributed by atoms with Crippen LogP contribution in [0.25, 0.3) is 16.6 Å². The average Bonchev–Trinajstić information content (AvgIpc) is 3.87. The fraction of sp³-hybridized carbons (Fsp3) is 0.562. The Kier molecular flexibility index (Phi) is 6.93. The van der Waals surface area contributed by atoms with Crippen LogP contribution in [0, 0.1) is 11.3 Å². The van der Waals surface area contributed by atoms with Gasteiger partial charge in [0.25, 0.3) is 0 Å². The monoisotopic (exact) mass is 582 g/mol. The first-order chi connectivity index (χ1) is 21.1. The molecule has 43 heavy (non-hydrogen) atoms. The molecule has 0 N–H and O–H groups in total. The number of nitrogens with zero attached hydrogens (tertiary/aromatic N) is 8. The SMILES string of the molecule is N#Cc1cnn2cc(OCCCN3CC4CC3CO4)cc(-c3ccc(N4CC5CC(C4)N5CC(=O)N4CCCC4)nc3)c12. The van der Waals surface area contributed by atoms with Crippen molar-refractivity contribution in [3.05, 3.63) is 42.4 Å². The lowest BCUT2D eigenvalue weighted by Crippen LogP contribution is -2.70. The van der Waals surface area contributed by atoms with E-state index in [0.717, 1.165) is 106 Å². The van der Waals surface area contributed by atoms with Crippen LogP contribution in [0.15, 0.2) is 36.8 Å². The van der Waals surface area contributed by atoms with Gasteiger partial charge in [-0.1, -0.05) is 0 Å². The third-order valence-electron chi connectivity index (χ3n) is 10.1. The maximum absolute atomic E-state index is 12.7. The molecule has 6 fully saturated rings. The highest BCUT2D eigenvalue weighted by molar-refractivity contribution is 5.85. The summed E-state index contributed by atoms with van der Waals surface area (Å²) in [5, 5.41) is 14.2. The number of anilines is 1. The molecule has 9 rings (SSSR count). The number of fused-ring (bicyclic) bond motifs is 5. The first-order valence-electron chi connectivity index (χ1n) is 15.8. The number of amides is 1. The smallest absolute Gasteiger partial charge is 0.236 e. The Morgan fingerprint density at radius 2 is 1.95 bits per heavy atom. The number of hydrogen-bond donors (Lipinski definition) is 0. The highest BCUT2D eigenvalue weighted by Gasteiger charge is 2.46. The number of carbonyl (C=O) groups excluding carboxylic acids is 1. The number of pyridine rings is 2. The molecular formula is C32H38N8O3. The van der Waals surface area contributed by atoms with Crippen LogP contribution >= 0.6 is 0 Å². The molecular weight excluding hydrogens is 544 g/mol. The Bertz CT molecular complexity index is 1530. The number of ether oxygens (including phenoxy) is 2. The highest BCUT2D eigenvalue weighted by Crippen LogP contribution is 2.36. The van der Waals surface area contributed by atoms with E-state index in [2.05, 4.69) is 38.0 Å². The lowest BCUT2D eigenvalue weighted by Gasteiger charge is -2.56. The number of carbonyl (C=O) groups is 1. The summed E-state index contributed by atoms with van der Waals surface area (Å²) in [4.78, 5) is 26.8. The molecule has 0 radical (unpaired) electrons. The Morgan fingerprint density at radius 3 is 2.67 bits per heavy atom. The fourth-order valence-corrected chi connectivity index (χ4v) is 7.78. The third-order valence-corrected chi connectivity index (χ3v) is 10.1. The summed E-state index contributed by atoms with van der Waals surface area (Å²) in [7, 11) is 0. The van der Waals surface area contributed by atoms with Crippen LogP contribution in [-0.4, -0.2) is 118 Å². The summed E-state index contributed by atoms with van der Waals surface area (Å²) in [6.07, 6.45) is 11.3. The summed E-state index contributed by atoms with van der Waals surface area (Å²) in [5.41, 5.74) is 3.09. The number of piperidine rings is 1. The highest BCUT2D eigenvalue weighted by atomic mass is 16.5. The molecule has 11 nitrogen and oxygen atoms in total. The standard InChI is InChI=1S/C32H38N8O3/c33-13-23-15-35-40-19-28(42-9-3-8-37-18-27-11-26(37)21-43-27)12-29(32(23)40)22-4-5-30(34-14-22)38-16-24-10-25(17-38)39(24)20-31(41)36-6-1-2-7-36/h4-5,12,14-15,19,24-27H,1-3,6-11,16-18,20-21H2. The van der Waals surface area contributed by atoms with E-state index in [0.29, 0.717) is 42.9 Å². The minimum absolute atomic E-state index is 0.283. The topological polar surface area (TPSA) is 102 Å². The fourth-order valence-electron chi connectivity index (χ4n) is 7.78. The molecule has 6 aliphatic rings. The van der Waals surface area contributed by atoms with Crippen LogP contribution < -0.4 is 9.64 Å². The molecule has 0 aliphatic carbocycles. The molecule has 4 bridgehead atoms. The second-order valence-electron chi connectivity index (χ2n) is 12.7. The van der Waals surface area contributed by atoms with Crippen LogP contribution in [0.5, 0.6) is 5.75 Å². The van der Waals surface area contributed by atoms with Crippen molar-refractivity contribution in [1.82, 2.24) is 29.3 Å². The zero-order valence-corrected chi connectivity index (χ0v) is 24.5. The Labute approximate surface area is 251 Å². The molecule has 0 saturated carbocycles. The van der Waals surface area contributed by atoms with E-state index in [1.165, 1.54) is 0 Å². The summed E-state index contributed by atoms with van der Waals surface area (Å²) >= 11 is 0. The average molecular weight is 583 g/mol. The zero-order chi connectivity index (χ0) is 28.9. The summed E-state index contributed by atoms with van der Waals surface area (Å²) in [6.45, 7) is 7.65. The normalized spacial score (nSPS) is 26.7. The minimum Gasteiger partial charge on any atom is -0.492 e. The molecule has 0 aromatic carbocycles. The Balaban J connectivity index is 0.938. The van der Waals surface area contributed by atoms with Gasteiger partial charge < -0.3 is 19.3 Å². The van der Waals surface area contributed by atoms with Crippen molar-refractivity contribution in [2.24, 2.45) is 0 Å². The number of hydrogen-bond acceptors (Lipinski definition) is 9. The van der Waals surface area contributed by atoms with Crippen molar-refractivity contribution in [2.75, 3.05) is 63.9 Å². The predicted molar refractivity (Wildman–Crippen MR) is 160 cm³/mol. The van der Waals surface area contributed by atoms with Gasteiger partial charge in [-0.2, -0.15) is 10.4 Å². The van der Waals surface area contributed by atoms with Crippen molar-refractivity contribution in [1.29, 1.82) is 5.26 Å². The van der Waals surface area contributed by atoms with E-state index in [1.54, 1.807) is 10.7 Å². The van der Waals surface area contributed by atoms with Crippen LogP contribution in [0.1, 0.15) is 37.7 Å². The molecule has 0 spiro atoms. The van der Waals surface area contributed by atoms with Crippen LogP contribution in [0.3, 0.4) is 0 Å². The van der Waals surface area contributed by atoms with Gasteiger partial charge in [0.15, 0.2) is 0 Å². The van der Waals surface area contributed by atoms with Gasteiger partial charge in [-0.3, -0.25) is 14.6 Å². The summed E-state index contributed by atoms with van der Waals surface area (Å²) < 4.78 is 13.7. The van der Waals surface area contributed by atoms with Gasteiger partial charge in [0.05, 0.1) is 49.3 Å². The first-order valence-corrected chi connectivity index (χ1v) is 15.8. The molecule has 9 heterocycles. The summed E-state index contributed by atoms with van der Waals surface area (Å²) in [5.74, 6) is 1.96. The molecule has 6 aliphatic heterocycles. The largest absolute Gasteiger partial charge is 0.492 e. The van der Waals surface area contributed by atoms with Crippen molar-refractivity contribution < 1.29 is 14.3 Å². The number of aromatic nitrogens is 3. The Morgan fingerprint density at radius 1 is 1.09 bits per heavy atom. The van der Waals surface area contributed by atoms with Crippen molar-refractivity contribution in [2.45, 2.75) is 56.3 Å². The second-order valence-corrected chi connectivity index (χ2v) is 12.7. The molecule has 11 heteroatoms. The van der Waals surface area contributed by atoms with Crippen LogP contribution in [0.2, 0.25) is 0 Å². The van der Waals surface area contributed by atoms with E-state index in [4.69, 9.17) is 14.5 Å². The lowest BCUT2D eigenvalue weighted by atomic mass is 9.87. The number of likely N-dealkylation sites (tertiary alicyclic amines) is 2. The zero-order valence-electron chi connectivity index (χ0n) is 24.5. The molecule has 224 valence electrons. The van der Waals surface area contributed by atoms with Gasteiger partial charge in [-0.15, -0.1) is 0 Å². The van der Waals surface area contributed by atoms with Crippen molar-refractivity contribution in [3.8, 4) is 22.9 Å². The minimum atomic E-state index is 0.283. The van der Waals surface area contributed by atoms with Crippen LogP contribution in [0.4, 0.5) is 5.82 Å². The van der Waals surface area contributed by atoms with Gasteiger partial charge in [-0.05, 0) is 50.3 Å². The van der Waals surface area contributed by atoms with Crippen molar-refractivity contribution in [3.63, 3.8) is 0 Å². The van der Waals surface area contributed by atoms with Gasteiger partial charge >= 0.3 is 0 Å². The predicted octanol–water partition coefficient (Wildman–Crippen LogP) is 2.40. The number of rotatable bonds is 9. The first kappa shape index (κ1) is 26.9. The Hall–Kier alpha value is -3.72. The maximum Gasteiger partial charge on any atom is 0.236 e. The van der Waals surface area contributed by atoms with Crippen molar-refractivity contribution >= 4 is 17.2 Å². The van der Waals surface area contributed by atoms with Gasteiger partial charge in [-0.25, -0.2) is 9.50 Å². The molecule has 3 aromatic rings. The molecule has 1 amide bonds. The van der Waals surface area contributed by atoms with E-state index in [1.807, 2.05) is 23.4 Å². The molecule has 3 aromatic heterocycles. The molecule has 6 saturated heterocycles.